The van der Waals surface area contributed by atoms with Crippen LogP contribution in [-0.2, 0) is 17.8 Å². The highest BCUT2D eigenvalue weighted by Gasteiger charge is 2.14. The number of hydrogen-bond acceptors (Lipinski definition) is 3. The van der Waals surface area contributed by atoms with Crippen LogP contribution in [0.5, 0.6) is 5.75 Å². The lowest BCUT2D eigenvalue weighted by Gasteiger charge is -2.15. The Hall–Kier alpha value is -2.33. The lowest BCUT2D eigenvalue weighted by atomic mass is 10.1. The Balaban J connectivity index is 1.89. The van der Waals surface area contributed by atoms with Crippen molar-refractivity contribution in [3.05, 3.63) is 65.7 Å². The zero-order chi connectivity index (χ0) is 17.4. The zero-order valence-corrected chi connectivity index (χ0v) is 14.4. The molecule has 3 N–H and O–H groups in total. The van der Waals surface area contributed by atoms with Gasteiger partial charge in [0, 0.05) is 12.1 Å². The molecule has 4 nitrogen and oxygen atoms in total. The predicted octanol–water partition coefficient (Wildman–Crippen LogP) is 2.91. The fourth-order valence-corrected chi connectivity index (χ4v) is 2.32. The Kier molecular flexibility index (Phi) is 6.82. The summed E-state index contributed by atoms with van der Waals surface area (Å²) in [6.45, 7) is 5.27. The number of amides is 1. The molecule has 1 atom stereocenters. The first-order valence-electron chi connectivity index (χ1n) is 8.34. The summed E-state index contributed by atoms with van der Waals surface area (Å²) in [5.74, 6) is 1.10. The molecule has 0 aliphatic heterocycles. The molecule has 2 aromatic rings. The third kappa shape index (κ3) is 5.70. The van der Waals surface area contributed by atoms with E-state index in [4.69, 9.17) is 10.5 Å². The average molecular weight is 326 g/mol. The standard InChI is InChI=1S/C20H26N2O2/c1-15(2)14-24-19-11-7-6-10-17(19)13-22-20(23)18(21)12-16-8-4-3-5-9-16/h3-11,15,18H,12-14,21H2,1-2H3,(H,22,23)/t18-/m0/s1. The highest BCUT2D eigenvalue weighted by atomic mass is 16.5. The second-order valence-electron chi connectivity index (χ2n) is 6.33. The summed E-state index contributed by atoms with van der Waals surface area (Å²) in [6.07, 6.45) is 0.526. The Bertz CT molecular complexity index is 641. The smallest absolute Gasteiger partial charge is 0.237 e. The highest BCUT2D eigenvalue weighted by molar-refractivity contribution is 5.81. The summed E-state index contributed by atoms with van der Waals surface area (Å²) >= 11 is 0. The van der Waals surface area contributed by atoms with E-state index in [9.17, 15) is 4.79 Å². The Morgan fingerprint density at radius 3 is 2.46 bits per heavy atom. The van der Waals surface area contributed by atoms with E-state index in [0.29, 0.717) is 25.5 Å². The lowest BCUT2D eigenvalue weighted by Crippen LogP contribution is -2.41. The number of nitrogens with one attached hydrogen (secondary N) is 1. The van der Waals surface area contributed by atoms with Crippen molar-refractivity contribution in [2.24, 2.45) is 11.7 Å². The molecule has 2 rings (SSSR count). The molecule has 128 valence electrons. The number of nitrogens with two attached hydrogens (primary N) is 1. The van der Waals surface area contributed by atoms with E-state index in [1.807, 2.05) is 54.6 Å². The van der Waals surface area contributed by atoms with Crippen LogP contribution in [0.3, 0.4) is 0 Å². The van der Waals surface area contributed by atoms with Gasteiger partial charge < -0.3 is 15.8 Å². The Morgan fingerprint density at radius 2 is 1.75 bits per heavy atom. The quantitative estimate of drug-likeness (QED) is 0.784. The van der Waals surface area contributed by atoms with Crippen molar-refractivity contribution < 1.29 is 9.53 Å². The number of ether oxygens (including phenoxy) is 1. The molecule has 1 amide bonds. The van der Waals surface area contributed by atoms with Crippen molar-refractivity contribution >= 4 is 5.91 Å². The van der Waals surface area contributed by atoms with Crippen LogP contribution in [0.1, 0.15) is 25.0 Å². The molecule has 0 spiro atoms. The van der Waals surface area contributed by atoms with Crippen LogP contribution < -0.4 is 15.8 Å². The van der Waals surface area contributed by atoms with E-state index in [1.165, 1.54) is 0 Å². The lowest BCUT2D eigenvalue weighted by molar-refractivity contribution is -0.122. The summed E-state index contributed by atoms with van der Waals surface area (Å²) in [7, 11) is 0. The van der Waals surface area contributed by atoms with Gasteiger partial charge >= 0.3 is 0 Å². The van der Waals surface area contributed by atoms with Gasteiger partial charge in [0.15, 0.2) is 0 Å². The Morgan fingerprint density at radius 1 is 1.08 bits per heavy atom. The van der Waals surface area contributed by atoms with Crippen molar-refractivity contribution in [1.82, 2.24) is 5.32 Å². The number of carbonyl (C=O) groups excluding carboxylic acids is 1. The summed E-state index contributed by atoms with van der Waals surface area (Å²) < 4.78 is 5.80. The SMILES string of the molecule is CC(C)COc1ccccc1CNC(=O)[C@@H](N)Cc1ccccc1. The van der Waals surface area contributed by atoms with Crippen molar-refractivity contribution in [1.29, 1.82) is 0 Å². The largest absolute Gasteiger partial charge is 0.493 e. The molecule has 0 fully saturated rings. The summed E-state index contributed by atoms with van der Waals surface area (Å²) in [6, 6.07) is 17.0. The van der Waals surface area contributed by atoms with Gasteiger partial charge in [-0.25, -0.2) is 0 Å². The van der Waals surface area contributed by atoms with Gasteiger partial charge in [-0.15, -0.1) is 0 Å². The molecule has 0 saturated heterocycles. The van der Waals surface area contributed by atoms with Crippen LogP contribution in [0.2, 0.25) is 0 Å². The second-order valence-corrected chi connectivity index (χ2v) is 6.33. The van der Waals surface area contributed by atoms with Gasteiger partial charge in [0.25, 0.3) is 0 Å². The average Bonchev–Trinajstić information content (AvgIpc) is 2.59. The van der Waals surface area contributed by atoms with Gasteiger partial charge in [-0.3, -0.25) is 4.79 Å². The normalized spacial score (nSPS) is 12.0. The maximum atomic E-state index is 12.2. The van der Waals surface area contributed by atoms with E-state index in [-0.39, 0.29) is 5.91 Å². The number of rotatable bonds is 8. The topological polar surface area (TPSA) is 64.3 Å². The van der Waals surface area contributed by atoms with E-state index in [0.717, 1.165) is 16.9 Å². The number of benzene rings is 2. The molecule has 0 radical (unpaired) electrons. The molecule has 0 aliphatic rings. The zero-order valence-electron chi connectivity index (χ0n) is 14.4. The fraction of sp³-hybridized carbons (Fsp3) is 0.350. The first kappa shape index (κ1) is 18.0. The van der Waals surface area contributed by atoms with E-state index >= 15 is 0 Å². The number of hydrogen-bond donors (Lipinski definition) is 2. The monoisotopic (exact) mass is 326 g/mol. The van der Waals surface area contributed by atoms with Crippen molar-refractivity contribution in [3.8, 4) is 5.75 Å². The molecule has 0 aliphatic carbocycles. The highest BCUT2D eigenvalue weighted by Crippen LogP contribution is 2.18. The van der Waals surface area contributed by atoms with Gasteiger partial charge in [-0.05, 0) is 24.0 Å². The van der Waals surface area contributed by atoms with Crippen LogP contribution in [0.4, 0.5) is 0 Å². The van der Waals surface area contributed by atoms with Gasteiger partial charge in [0.05, 0.1) is 12.6 Å². The van der Waals surface area contributed by atoms with E-state index in [2.05, 4.69) is 19.2 Å². The first-order valence-corrected chi connectivity index (χ1v) is 8.34. The van der Waals surface area contributed by atoms with E-state index < -0.39 is 6.04 Å². The second kappa shape index (κ2) is 9.08. The Labute approximate surface area is 144 Å². The van der Waals surface area contributed by atoms with Crippen LogP contribution in [0.15, 0.2) is 54.6 Å². The van der Waals surface area contributed by atoms with Crippen molar-refractivity contribution in [2.45, 2.75) is 32.9 Å². The van der Waals surface area contributed by atoms with Crippen LogP contribution in [-0.4, -0.2) is 18.6 Å². The van der Waals surface area contributed by atoms with Crippen molar-refractivity contribution in [2.75, 3.05) is 6.61 Å². The van der Waals surface area contributed by atoms with Gasteiger partial charge in [0.1, 0.15) is 5.75 Å². The minimum Gasteiger partial charge on any atom is -0.493 e. The number of carbonyl (C=O) groups is 1. The molecule has 4 heteroatoms. The summed E-state index contributed by atoms with van der Waals surface area (Å²) in [4.78, 5) is 12.2. The predicted molar refractivity (Wildman–Crippen MR) is 96.7 cm³/mol. The van der Waals surface area contributed by atoms with Crippen LogP contribution in [0, 0.1) is 5.92 Å². The molecular formula is C20H26N2O2. The summed E-state index contributed by atoms with van der Waals surface area (Å²) in [5.41, 5.74) is 8.02. The molecule has 0 heterocycles. The molecular weight excluding hydrogens is 300 g/mol. The van der Waals surface area contributed by atoms with Gasteiger partial charge in [-0.1, -0.05) is 62.4 Å². The molecule has 24 heavy (non-hydrogen) atoms. The molecule has 0 bridgehead atoms. The molecule has 0 saturated carbocycles. The van der Waals surface area contributed by atoms with Crippen molar-refractivity contribution in [3.63, 3.8) is 0 Å². The minimum absolute atomic E-state index is 0.155. The van der Waals surface area contributed by atoms with Crippen LogP contribution in [0.25, 0.3) is 0 Å². The third-order valence-corrected chi connectivity index (χ3v) is 3.63. The van der Waals surface area contributed by atoms with Gasteiger partial charge in [0.2, 0.25) is 5.91 Å². The molecule has 0 aromatic heterocycles. The fourth-order valence-electron chi connectivity index (χ4n) is 2.32. The van der Waals surface area contributed by atoms with E-state index in [1.54, 1.807) is 0 Å². The summed E-state index contributed by atoms with van der Waals surface area (Å²) in [5, 5.41) is 2.90. The number of para-hydroxylation sites is 1. The minimum atomic E-state index is -0.559. The first-order chi connectivity index (χ1) is 11.6. The maximum Gasteiger partial charge on any atom is 0.237 e. The third-order valence-electron chi connectivity index (χ3n) is 3.63. The molecule has 0 unspecified atom stereocenters. The van der Waals surface area contributed by atoms with Gasteiger partial charge in [-0.2, -0.15) is 0 Å². The maximum absolute atomic E-state index is 12.2. The van der Waals surface area contributed by atoms with Crippen LogP contribution >= 0.6 is 0 Å². The molecule has 2 aromatic carbocycles.